The Morgan fingerprint density at radius 2 is 1.83 bits per heavy atom. The van der Waals surface area contributed by atoms with Crippen LogP contribution in [0.1, 0.15) is 36.0 Å². The van der Waals surface area contributed by atoms with Gasteiger partial charge in [-0.2, -0.15) is 0 Å². The van der Waals surface area contributed by atoms with E-state index in [1.165, 1.54) is 16.9 Å². The maximum atomic E-state index is 10.3. The van der Waals surface area contributed by atoms with Gasteiger partial charge in [0.1, 0.15) is 6.10 Å². The Morgan fingerprint density at radius 1 is 1.17 bits per heavy atom. The summed E-state index contributed by atoms with van der Waals surface area (Å²) in [6.07, 6.45) is 0.446. The predicted molar refractivity (Wildman–Crippen MR) is 78.4 cm³/mol. The Balaban J connectivity index is 2.17. The van der Waals surface area contributed by atoms with Crippen LogP contribution in [0.15, 0.2) is 35.7 Å². The van der Waals surface area contributed by atoms with Crippen LogP contribution < -0.4 is 0 Å². The van der Waals surface area contributed by atoms with Crippen LogP contribution in [0.4, 0.5) is 0 Å². The van der Waals surface area contributed by atoms with E-state index in [0.717, 1.165) is 16.9 Å². The van der Waals surface area contributed by atoms with E-state index in [9.17, 15) is 5.11 Å². The average molecular weight is 281 g/mol. The van der Waals surface area contributed by atoms with Crippen molar-refractivity contribution >= 4 is 22.9 Å². The smallest absolute Gasteiger partial charge is 0.115 e. The number of hydrogen-bond donors (Lipinski definition) is 1. The molecule has 0 radical (unpaired) electrons. The van der Waals surface area contributed by atoms with Gasteiger partial charge in [-0.05, 0) is 34.9 Å². The van der Waals surface area contributed by atoms with Crippen molar-refractivity contribution in [3.05, 3.63) is 56.7 Å². The molecule has 2 rings (SSSR count). The van der Waals surface area contributed by atoms with Crippen molar-refractivity contribution in [3.63, 3.8) is 0 Å². The van der Waals surface area contributed by atoms with Crippen molar-refractivity contribution in [1.29, 1.82) is 0 Å². The van der Waals surface area contributed by atoms with E-state index in [4.69, 9.17) is 11.6 Å². The van der Waals surface area contributed by atoms with Crippen molar-refractivity contribution in [2.24, 2.45) is 5.92 Å². The fourth-order valence-corrected chi connectivity index (χ4v) is 3.13. The molecule has 1 unspecified atom stereocenters. The number of halogens is 1. The lowest BCUT2D eigenvalue weighted by Crippen LogP contribution is -1.99. The van der Waals surface area contributed by atoms with Crippen LogP contribution in [0, 0.1) is 5.92 Å². The molecule has 18 heavy (non-hydrogen) atoms. The molecule has 0 aliphatic carbocycles. The molecule has 2 aromatic rings. The van der Waals surface area contributed by atoms with E-state index < -0.39 is 6.10 Å². The molecule has 96 valence electrons. The van der Waals surface area contributed by atoms with Crippen molar-refractivity contribution in [3.8, 4) is 0 Å². The first-order valence-corrected chi connectivity index (χ1v) is 7.33. The highest BCUT2D eigenvalue weighted by molar-refractivity contribution is 7.10. The van der Waals surface area contributed by atoms with Gasteiger partial charge in [-0.15, -0.1) is 11.3 Å². The second kappa shape index (κ2) is 5.87. The van der Waals surface area contributed by atoms with Gasteiger partial charge < -0.3 is 5.11 Å². The molecule has 0 saturated heterocycles. The normalized spacial score (nSPS) is 12.9. The predicted octanol–water partition coefficient (Wildman–Crippen LogP) is 4.68. The molecular formula is C15H17ClOS. The lowest BCUT2D eigenvalue weighted by atomic mass is 10.00. The molecule has 0 aliphatic rings. The first-order chi connectivity index (χ1) is 8.58. The molecule has 1 N–H and O–H groups in total. The lowest BCUT2D eigenvalue weighted by Gasteiger charge is -2.11. The highest BCUT2D eigenvalue weighted by Crippen LogP contribution is 2.32. The third-order valence-electron chi connectivity index (χ3n) is 2.83. The minimum atomic E-state index is -0.620. The summed E-state index contributed by atoms with van der Waals surface area (Å²) in [7, 11) is 0. The summed E-state index contributed by atoms with van der Waals surface area (Å²) in [5.41, 5.74) is 2.20. The number of aliphatic hydroxyl groups is 1. The average Bonchev–Trinajstić information content (AvgIpc) is 2.75. The van der Waals surface area contributed by atoms with Crippen molar-refractivity contribution in [2.75, 3.05) is 0 Å². The van der Waals surface area contributed by atoms with E-state index in [1.54, 1.807) is 0 Å². The van der Waals surface area contributed by atoms with Crippen molar-refractivity contribution in [2.45, 2.75) is 26.4 Å². The molecule has 1 nitrogen and oxygen atoms in total. The fourth-order valence-electron chi connectivity index (χ4n) is 1.96. The second-order valence-corrected chi connectivity index (χ2v) is 6.23. The molecule has 0 amide bonds. The zero-order valence-corrected chi connectivity index (χ0v) is 12.1. The van der Waals surface area contributed by atoms with E-state index in [1.807, 2.05) is 23.6 Å². The summed E-state index contributed by atoms with van der Waals surface area (Å²) in [5, 5.41) is 12.8. The Labute approximate surface area is 117 Å². The molecule has 0 spiro atoms. The van der Waals surface area contributed by atoms with Gasteiger partial charge in [0.05, 0.1) is 9.90 Å². The van der Waals surface area contributed by atoms with E-state index in [-0.39, 0.29) is 0 Å². The van der Waals surface area contributed by atoms with Gasteiger partial charge >= 0.3 is 0 Å². The van der Waals surface area contributed by atoms with Gasteiger partial charge in [0.15, 0.2) is 0 Å². The summed E-state index contributed by atoms with van der Waals surface area (Å²) in [4.78, 5) is 0.813. The van der Waals surface area contributed by atoms with E-state index in [0.29, 0.717) is 10.9 Å². The molecule has 3 heteroatoms. The molecule has 1 aromatic carbocycles. The maximum absolute atomic E-state index is 10.3. The fraction of sp³-hybridized carbons (Fsp3) is 0.333. The van der Waals surface area contributed by atoms with E-state index in [2.05, 4.69) is 26.0 Å². The zero-order chi connectivity index (χ0) is 13.1. The van der Waals surface area contributed by atoms with Crippen LogP contribution in [0.2, 0.25) is 5.02 Å². The standard InChI is InChI=1S/C15H17ClOS/c1-10(2)9-11-3-5-12(6-4-11)14(17)15-13(16)7-8-18-15/h3-8,10,14,17H,9H2,1-2H3. The number of aliphatic hydroxyl groups excluding tert-OH is 1. The number of benzene rings is 1. The molecule has 0 fully saturated rings. The summed E-state index contributed by atoms with van der Waals surface area (Å²) in [6, 6.07) is 9.95. The molecule has 0 aliphatic heterocycles. The Kier molecular flexibility index (Phi) is 4.44. The van der Waals surface area contributed by atoms with Gasteiger partial charge in [0.25, 0.3) is 0 Å². The van der Waals surface area contributed by atoms with Crippen molar-refractivity contribution < 1.29 is 5.11 Å². The Morgan fingerprint density at radius 3 is 2.33 bits per heavy atom. The zero-order valence-electron chi connectivity index (χ0n) is 10.6. The van der Waals surface area contributed by atoms with Gasteiger partial charge in [0, 0.05) is 0 Å². The minimum absolute atomic E-state index is 0.620. The van der Waals surface area contributed by atoms with Gasteiger partial charge in [0.2, 0.25) is 0 Å². The highest BCUT2D eigenvalue weighted by Gasteiger charge is 2.15. The summed E-state index contributed by atoms with van der Waals surface area (Å²) < 4.78 is 0. The maximum Gasteiger partial charge on any atom is 0.115 e. The summed E-state index contributed by atoms with van der Waals surface area (Å²) in [5.74, 6) is 0.646. The van der Waals surface area contributed by atoms with Crippen LogP contribution in [0.5, 0.6) is 0 Å². The topological polar surface area (TPSA) is 20.2 Å². The quantitative estimate of drug-likeness (QED) is 0.862. The Hall–Kier alpha value is -0.830. The van der Waals surface area contributed by atoms with Crippen molar-refractivity contribution in [1.82, 2.24) is 0 Å². The molecule has 1 heterocycles. The number of hydrogen-bond acceptors (Lipinski definition) is 2. The molecule has 0 saturated carbocycles. The second-order valence-electron chi connectivity index (χ2n) is 4.87. The molecule has 1 atom stereocenters. The van der Waals surface area contributed by atoms with Gasteiger partial charge in [-0.25, -0.2) is 0 Å². The number of thiophene rings is 1. The summed E-state index contributed by atoms with van der Waals surface area (Å²) >= 11 is 7.52. The first kappa shape index (κ1) is 13.6. The Bertz CT molecular complexity index is 501. The van der Waals surface area contributed by atoms with Gasteiger partial charge in [-0.1, -0.05) is 49.7 Å². The number of rotatable bonds is 4. The molecule has 0 bridgehead atoms. The molecule has 1 aromatic heterocycles. The van der Waals surface area contributed by atoms with Gasteiger partial charge in [-0.3, -0.25) is 0 Å². The van der Waals surface area contributed by atoms with Crippen LogP contribution in [0.3, 0.4) is 0 Å². The third kappa shape index (κ3) is 3.14. The monoisotopic (exact) mass is 280 g/mol. The van der Waals surface area contributed by atoms with E-state index >= 15 is 0 Å². The van der Waals surface area contributed by atoms with Crippen LogP contribution in [-0.2, 0) is 6.42 Å². The van der Waals surface area contributed by atoms with Crippen LogP contribution in [-0.4, -0.2) is 5.11 Å². The minimum Gasteiger partial charge on any atom is -0.383 e. The molecular weight excluding hydrogens is 264 g/mol. The third-order valence-corrected chi connectivity index (χ3v) is 4.24. The lowest BCUT2D eigenvalue weighted by molar-refractivity contribution is 0.224. The highest BCUT2D eigenvalue weighted by atomic mass is 35.5. The summed E-state index contributed by atoms with van der Waals surface area (Å²) in [6.45, 7) is 4.41. The largest absolute Gasteiger partial charge is 0.383 e. The van der Waals surface area contributed by atoms with Crippen LogP contribution in [0.25, 0.3) is 0 Å². The SMILES string of the molecule is CC(C)Cc1ccc(C(O)c2sccc2Cl)cc1. The first-order valence-electron chi connectivity index (χ1n) is 6.07. The van der Waals surface area contributed by atoms with Crippen LogP contribution >= 0.6 is 22.9 Å².